The summed E-state index contributed by atoms with van der Waals surface area (Å²) in [6, 6.07) is 0.420. The van der Waals surface area contributed by atoms with E-state index < -0.39 is 0 Å². The molecule has 3 aliphatic heterocycles. The number of nitrogens with one attached hydrogen (secondary N) is 2. The Morgan fingerprint density at radius 2 is 2.19 bits per heavy atom. The Hall–Kier alpha value is -0.490. The lowest BCUT2D eigenvalue weighted by molar-refractivity contribution is -0.135. The predicted octanol–water partition coefficient (Wildman–Crippen LogP) is 0.574. The van der Waals surface area contributed by atoms with E-state index >= 15 is 0 Å². The quantitative estimate of drug-likeness (QED) is 0.740. The van der Waals surface area contributed by atoms with Crippen molar-refractivity contribution in [3.63, 3.8) is 0 Å². The summed E-state index contributed by atoms with van der Waals surface area (Å²) in [5.41, 5.74) is 3.99. The Morgan fingerprint density at radius 1 is 1.33 bits per heavy atom. The van der Waals surface area contributed by atoms with Crippen LogP contribution in [0.5, 0.6) is 0 Å². The first-order valence-corrected chi connectivity index (χ1v) is 8.61. The van der Waals surface area contributed by atoms with Gasteiger partial charge in [-0.1, -0.05) is 0 Å². The smallest absolute Gasteiger partial charge is 0.133 e. The first-order valence-electron chi connectivity index (χ1n) is 8.61. The maximum absolute atomic E-state index is 12.2. The standard InChI is InChI=1S/C16H28N4O/c1-11-14-9-13(21)8-12-10-17-6-5-16(12,14)20(18-11)15-4-3-7-19(15)2/h11-12,14-15,17-18H,3-10H2,1-2H3/t11-,12?,14?,15?,16?/m0/s1. The third-order valence-corrected chi connectivity index (χ3v) is 6.54. The van der Waals surface area contributed by atoms with Crippen LogP contribution in [0.3, 0.4) is 0 Å². The van der Waals surface area contributed by atoms with E-state index in [2.05, 4.69) is 34.6 Å². The van der Waals surface area contributed by atoms with E-state index in [0.717, 1.165) is 25.9 Å². The van der Waals surface area contributed by atoms with Crippen LogP contribution in [0.1, 0.15) is 39.0 Å². The minimum absolute atomic E-state index is 0.196. The third-order valence-electron chi connectivity index (χ3n) is 6.54. The SMILES string of the molecule is C[C@@H]1NN(C2CCCN2C)C23CCNCC2CC(=O)CC13. The van der Waals surface area contributed by atoms with Crippen LogP contribution >= 0.6 is 0 Å². The predicted molar refractivity (Wildman–Crippen MR) is 81.5 cm³/mol. The third kappa shape index (κ3) is 1.94. The van der Waals surface area contributed by atoms with Crippen LogP contribution in [0.2, 0.25) is 0 Å². The van der Waals surface area contributed by atoms with Crippen molar-refractivity contribution in [3.8, 4) is 0 Å². The van der Waals surface area contributed by atoms with Crippen LogP contribution in [-0.4, -0.2) is 60.1 Å². The number of likely N-dealkylation sites (tertiary alicyclic amines) is 1. The Kier molecular flexibility index (Phi) is 3.37. The van der Waals surface area contributed by atoms with Crippen LogP contribution in [0.4, 0.5) is 0 Å². The molecule has 5 atom stereocenters. The number of hydrogen-bond donors (Lipinski definition) is 2. The molecule has 0 amide bonds. The number of hydrogen-bond acceptors (Lipinski definition) is 5. The summed E-state index contributed by atoms with van der Waals surface area (Å²) in [5, 5.41) is 6.13. The molecular weight excluding hydrogens is 264 g/mol. The van der Waals surface area contributed by atoms with Crippen LogP contribution in [0.25, 0.3) is 0 Å². The molecule has 5 nitrogen and oxygen atoms in total. The molecule has 0 aromatic rings. The summed E-state index contributed by atoms with van der Waals surface area (Å²) in [5.74, 6) is 1.43. The highest BCUT2D eigenvalue weighted by atomic mass is 16.1. The molecule has 5 heteroatoms. The highest BCUT2D eigenvalue weighted by molar-refractivity contribution is 5.80. The highest BCUT2D eigenvalue weighted by Crippen LogP contribution is 2.51. The van der Waals surface area contributed by atoms with Crippen LogP contribution in [0.15, 0.2) is 0 Å². The highest BCUT2D eigenvalue weighted by Gasteiger charge is 2.61. The normalized spacial score (nSPS) is 48.4. The summed E-state index contributed by atoms with van der Waals surface area (Å²) >= 11 is 0. The second kappa shape index (κ2) is 5.01. The van der Waals surface area contributed by atoms with Crippen LogP contribution < -0.4 is 10.7 Å². The molecule has 4 fully saturated rings. The van der Waals surface area contributed by atoms with Gasteiger partial charge in [-0.15, -0.1) is 0 Å². The molecule has 0 aromatic carbocycles. The molecular formula is C16H28N4O. The molecule has 3 heterocycles. The molecule has 1 aliphatic carbocycles. The molecule has 0 bridgehead atoms. The fourth-order valence-electron chi connectivity index (χ4n) is 5.58. The van der Waals surface area contributed by atoms with E-state index in [9.17, 15) is 4.79 Å². The molecule has 1 saturated carbocycles. The first-order chi connectivity index (χ1) is 10.1. The average molecular weight is 292 g/mol. The van der Waals surface area contributed by atoms with Gasteiger partial charge in [0.25, 0.3) is 0 Å². The van der Waals surface area contributed by atoms with E-state index in [4.69, 9.17) is 0 Å². The monoisotopic (exact) mass is 292 g/mol. The number of Topliss-reactive ketones (excluding diaryl/α,β-unsaturated/α-hetero) is 1. The lowest BCUT2D eigenvalue weighted by atomic mass is 9.61. The molecule has 1 spiro atoms. The molecule has 4 aliphatic rings. The zero-order valence-corrected chi connectivity index (χ0v) is 13.3. The zero-order chi connectivity index (χ0) is 14.6. The first kappa shape index (κ1) is 14.1. The van der Waals surface area contributed by atoms with Gasteiger partial charge in [0, 0.05) is 36.9 Å². The number of carbonyl (C=O) groups excluding carboxylic acids is 1. The van der Waals surface area contributed by atoms with Gasteiger partial charge in [-0.05, 0) is 52.2 Å². The largest absolute Gasteiger partial charge is 0.316 e. The van der Waals surface area contributed by atoms with Crippen molar-refractivity contribution in [1.82, 2.24) is 20.7 Å². The molecule has 0 aromatic heterocycles. The van der Waals surface area contributed by atoms with Crippen LogP contribution in [0, 0.1) is 11.8 Å². The van der Waals surface area contributed by atoms with Gasteiger partial charge in [-0.3, -0.25) is 9.69 Å². The fraction of sp³-hybridized carbons (Fsp3) is 0.938. The van der Waals surface area contributed by atoms with E-state index in [0.29, 0.717) is 29.8 Å². The number of carbonyl (C=O) groups is 1. The average Bonchev–Trinajstić information content (AvgIpc) is 2.99. The van der Waals surface area contributed by atoms with Crippen LogP contribution in [-0.2, 0) is 4.79 Å². The van der Waals surface area contributed by atoms with Crippen molar-refractivity contribution in [2.75, 3.05) is 26.7 Å². The second-order valence-corrected chi connectivity index (χ2v) is 7.59. The van der Waals surface area contributed by atoms with Crippen molar-refractivity contribution in [3.05, 3.63) is 0 Å². The topological polar surface area (TPSA) is 47.6 Å². The number of piperidine rings is 1. The van der Waals surface area contributed by atoms with Gasteiger partial charge in [0.2, 0.25) is 0 Å². The number of hydrazine groups is 1. The van der Waals surface area contributed by atoms with E-state index in [-0.39, 0.29) is 5.54 Å². The lowest BCUT2D eigenvalue weighted by Crippen LogP contribution is -2.67. The maximum Gasteiger partial charge on any atom is 0.133 e. The van der Waals surface area contributed by atoms with Gasteiger partial charge in [-0.25, -0.2) is 10.4 Å². The Balaban J connectivity index is 1.72. The van der Waals surface area contributed by atoms with E-state index in [1.54, 1.807) is 0 Å². The van der Waals surface area contributed by atoms with Gasteiger partial charge in [-0.2, -0.15) is 0 Å². The molecule has 2 N–H and O–H groups in total. The van der Waals surface area contributed by atoms with E-state index in [1.165, 1.54) is 25.8 Å². The maximum atomic E-state index is 12.2. The summed E-state index contributed by atoms with van der Waals surface area (Å²) < 4.78 is 0. The fourth-order valence-corrected chi connectivity index (χ4v) is 5.58. The van der Waals surface area contributed by atoms with Gasteiger partial charge in [0.05, 0.1) is 6.17 Å². The van der Waals surface area contributed by atoms with Gasteiger partial charge < -0.3 is 5.32 Å². The molecule has 4 unspecified atom stereocenters. The lowest BCUT2D eigenvalue weighted by Gasteiger charge is -2.54. The van der Waals surface area contributed by atoms with Gasteiger partial charge in [0.15, 0.2) is 0 Å². The van der Waals surface area contributed by atoms with Crippen molar-refractivity contribution < 1.29 is 4.79 Å². The molecule has 118 valence electrons. The van der Waals surface area contributed by atoms with Crippen molar-refractivity contribution in [2.24, 2.45) is 11.8 Å². The number of nitrogens with zero attached hydrogens (tertiary/aromatic N) is 2. The summed E-state index contributed by atoms with van der Waals surface area (Å²) in [6.45, 7) is 5.56. The molecule has 0 radical (unpaired) electrons. The Labute approximate surface area is 127 Å². The summed E-state index contributed by atoms with van der Waals surface area (Å²) in [4.78, 5) is 14.7. The Bertz CT molecular complexity index is 442. The molecule has 4 rings (SSSR count). The molecule has 3 saturated heterocycles. The van der Waals surface area contributed by atoms with Crippen molar-refractivity contribution in [2.45, 2.75) is 56.8 Å². The second-order valence-electron chi connectivity index (χ2n) is 7.59. The molecule has 21 heavy (non-hydrogen) atoms. The number of rotatable bonds is 1. The van der Waals surface area contributed by atoms with Gasteiger partial charge >= 0.3 is 0 Å². The van der Waals surface area contributed by atoms with Crippen molar-refractivity contribution in [1.29, 1.82) is 0 Å². The summed E-state index contributed by atoms with van der Waals surface area (Å²) in [6.07, 6.45) is 5.76. The van der Waals surface area contributed by atoms with Crippen molar-refractivity contribution >= 4 is 5.78 Å². The number of ketones is 1. The zero-order valence-electron chi connectivity index (χ0n) is 13.3. The minimum Gasteiger partial charge on any atom is -0.316 e. The van der Waals surface area contributed by atoms with Gasteiger partial charge in [0.1, 0.15) is 5.78 Å². The Morgan fingerprint density at radius 3 is 2.95 bits per heavy atom. The van der Waals surface area contributed by atoms with E-state index in [1.807, 2.05) is 0 Å². The minimum atomic E-state index is 0.196. The summed E-state index contributed by atoms with van der Waals surface area (Å²) in [7, 11) is 2.25.